The quantitative estimate of drug-likeness (QED) is 0.886. The first-order valence-electron chi connectivity index (χ1n) is 6.59. The number of anilines is 1. The molecule has 0 amide bonds. The monoisotopic (exact) mass is 296 g/mol. The zero-order valence-corrected chi connectivity index (χ0v) is 12.0. The summed E-state index contributed by atoms with van der Waals surface area (Å²) in [5.41, 5.74) is 1.16. The van der Waals surface area contributed by atoms with Gasteiger partial charge in [0, 0.05) is 18.9 Å². The smallest absolute Gasteiger partial charge is 0.0590 e. The Morgan fingerprint density at radius 3 is 3.12 bits per heavy atom. The number of nitrogens with zero attached hydrogens (tertiary/aromatic N) is 1. The summed E-state index contributed by atoms with van der Waals surface area (Å²) in [7, 11) is 0. The van der Waals surface area contributed by atoms with Crippen molar-refractivity contribution in [2.75, 3.05) is 11.9 Å². The molecule has 0 saturated heterocycles. The summed E-state index contributed by atoms with van der Waals surface area (Å²) in [6.45, 7) is 3.46. The molecule has 0 bridgehead atoms. The maximum atomic E-state index is 4.07. The third-order valence-corrected chi connectivity index (χ3v) is 4.32. The van der Waals surface area contributed by atoms with Crippen LogP contribution in [-0.4, -0.2) is 11.5 Å². The molecule has 1 heterocycles. The van der Waals surface area contributed by atoms with E-state index in [1.165, 1.54) is 32.1 Å². The SMILES string of the molecule is CC1CCCC(CCNc2ccncc2Br)C1. The number of hydrogen-bond acceptors (Lipinski definition) is 2. The van der Waals surface area contributed by atoms with Gasteiger partial charge in [0.1, 0.15) is 0 Å². The van der Waals surface area contributed by atoms with E-state index in [-0.39, 0.29) is 0 Å². The molecule has 17 heavy (non-hydrogen) atoms. The van der Waals surface area contributed by atoms with Crippen molar-refractivity contribution in [2.45, 2.75) is 39.0 Å². The standard InChI is InChI=1S/C14H21BrN2/c1-11-3-2-4-12(9-11)5-8-17-14-6-7-16-10-13(14)15/h6-7,10-12H,2-5,8-9H2,1H3,(H,16,17). The van der Waals surface area contributed by atoms with Crippen molar-refractivity contribution in [3.63, 3.8) is 0 Å². The maximum absolute atomic E-state index is 4.07. The molecular weight excluding hydrogens is 276 g/mol. The second-order valence-electron chi connectivity index (χ2n) is 5.21. The Bertz CT molecular complexity index is 354. The Kier molecular flexibility index (Phi) is 4.84. The van der Waals surface area contributed by atoms with Crippen molar-refractivity contribution in [2.24, 2.45) is 11.8 Å². The topological polar surface area (TPSA) is 24.9 Å². The van der Waals surface area contributed by atoms with Crippen LogP contribution < -0.4 is 5.32 Å². The number of pyridine rings is 1. The summed E-state index contributed by atoms with van der Waals surface area (Å²) in [6.07, 6.45) is 10.6. The molecule has 1 aromatic heterocycles. The van der Waals surface area contributed by atoms with Gasteiger partial charge in [-0.2, -0.15) is 0 Å². The van der Waals surface area contributed by atoms with Crippen LogP contribution in [0.15, 0.2) is 22.9 Å². The van der Waals surface area contributed by atoms with E-state index in [0.29, 0.717) is 0 Å². The highest BCUT2D eigenvalue weighted by Crippen LogP contribution is 2.30. The molecule has 3 heteroatoms. The van der Waals surface area contributed by atoms with Gasteiger partial charge in [-0.15, -0.1) is 0 Å². The molecule has 1 fully saturated rings. The molecule has 1 aromatic rings. The molecule has 2 unspecified atom stereocenters. The van der Waals surface area contributed by atoms with Crippen LogP contribution in [0.25, 0.3) is 0 Å². The molecule has 0 aliphatic heterocycles. The van der Waals surface area contributed by atoms with Crippen molar-refractivity contribution in [1.82, 2.24) is 4.98 Å². The normalized spacial score (nSPS) is 24.6. The van der Waals surface area contributed by atoms with Gasteiger partial charge in [0.05, 0.1) is 10.2 Å². The third-order valence-electron chi connectivity index (χ3n) is 3.69. The highest BCUT2D eigenvalue weighted by molar-refractivity contribution is 9.10. The fourth-order valence-electron chi connectivity index (χ4n) is 2.75. The van der Waals surface area contributed by atoms with Crippen LogP contribution in [0.2, 0.25) is 0 Å². The minimum absolute atomic E-state index is 0.923. The molecule has 2 rings (SSSR count). The van der Waals surface area contributed by atoms with E-state index >= 15 is 0 Å². The molecule has 2 nitrogen and oxygen atoms in total. The molecule has 0 aromatic carbocycles. The average Bonchev–Trinajstić information content (AvgIpc) is 2.32. The Morgan fingerprint density at radius 1 is 1.47 bits per heavy atom. The first kappa shape index (κ1) is 12.9. The summed E-state index contributed by atoms with van der Waals surface area (Å²) >= 11 is 3.51. The van der Waals surface area contributed by atoms with Gasteiger partial charge in [0.2, 0.25) is 0 Å². The van der Waals surface area contributed by atoms with Gasteiger partial charge in [0.15, 0.2) is 0 Å². The van der Waals surface area contributed by atoms with Gasteiger partial charge in [-0.3, -0.25) is 4.98 Å². The van der Waals surface area contributed by atoms with Crippen LogP contribution in [0.4, 0.5) is 5.69 Å². The fraction of sp³-hybridized carbons (Fsp3) is 0.643. The van der Waals surface area contributed by atoms with E-state index < -0.39 is 0 Å². The van der Waals surface area contributed by atoms with Gasteiger partial charge in [-0.1, -0.05) is 26.2 Å². The van der Waals surface area contributed by atoms with Gasteiger partial charge in [-0.05, 0) is 46.7 Å². The lowest BCUT2D eigenvalue weighted by Gasteiger charge is -2.26. The van der Waals surface area contributed by atoms with E-state index in [9.17, 15) is 0 Å². The minimum Gasteiger partial charge on any atom is -0.384 e. The Balaban J connectivity index is 1.74. The van der Waals surface area contributed by atoms with E-state index in [4.69, 9.17) is 0 Å². The van der Waals surface area contributed by atoms with E-state index in [1.54, 1.807) is 0 Å². The van der Waals surface area contributed by atoms with Gasteiger partial charge >= 0.3 is 0 Å². The van der Waals surface area contributed by atoms with Crippen LogP contribution in [0.5, 0.6) is 0 Å². The van der Waals surface area contributed by atoms with Crippen molar-refractivity contribution in [1.29, 1.82) is 0 Å². The van der Waals surface area contributed by atoms with E-state index in [1.807, 2.05) is 18.5 Å². The molecule has 0 radical (unpaired) electrons. The minimum atomic E-state index is 0.923. The molecule has 1 N–H and O–H groups in total. The van der Waals surface area contributed by atoms with Crippen molar-refractivity contribution >= 4 is 21.6 Å². The lowest BCUT2D eigenvalue weighted by atomic mass is 9.81. The summed E-state index contributed by atoms with van der Waals surface area (Å²) in [6, 6.07) is 2.02. The Hall–Kier alpha value is -0.570. The van der Waals surface area contributed by atoms with Crippen molar-refractivity contribution in [3.8, 4) is 0 Å². The molecule has 94 valence electrons. The van der Waals surface area contributed by atoms with Crippen molar-refractivity contribution in [3.05, 3.63) is 22.9 Å². The summed E-state index contributed by atoms with van der Waals surface area (Å²) in [5.74, 6) is 1.85. The van der Waals surface area contributed by atoms with Crippen LogP contribution in [0.3, 0.4) is 0 Å². The van der Waals surface area contributed by atoms with Crippen LogP contribution >= 0.6 is 15.9 Å². The fourth-order valence-corrected chi connectivity index (χ4v) is 3.14. The summed E-state index contributed by atoms with van der Waals surface area (Å²) in [5, 5.41) is 3.49. The summed E-state index contributed by atoms with van der Waals surface area (Å²) < 4.78 is 1.05. The van der Waals surface area contributed by atoms with Crippen LogP contribution in [-0.2, 0) is 0 Å². The molecule has 1 aliphatic rings. The second-order valence-corrected chi connectivity index (χ2v) is 6.06. The van der Waals surface area contributed by atoms with Crippen LogP contribution in [0.1, 0.15) is 39.0 Å². The molecule has 1 saturated carbocycles. The first-order valence-corrected chi connectivity index (χ1v) is 7.38. The number of halogens is 1. The Morgan fingerprint density at radius 2 is 2.35 bits per heavy atom. The highest BCUT2D eigenvalue weighted by Gasteiger charge is 2.18. The highest BCUT2D eigenvalue weighted by atomic mass is 79.9. The third kappa shape index (κ3) is 3.98. The molecule has 2 atom stereocenters. The van der Waals surface area contributed by atoms with Crippen molar-refractivity contribution < 1.29 is 0 Å². The first-order chi connectivity index (χ1) is 8.25. The van der Waals surface area contributed by atoms with E-state index in [0.717, 1.165) is 28.5 Å². The largest absolute Gasteiger partial charge is 0.384 e. The molecular formula is C14H21BrN2. The van der Waals surface area contributed by atoms with Gasteiger partial charge in [-0.25, -0.2) is 0 Å². The number of nitrogens with one attached hydrogen (secondary N) is 1. The zero-order valence-electron chi connectivity index (χ0n) is 10.5. The number of aromatic nitrogens is 1. The van der Waals surface area contributed by atoms with E-state index in [2.05, 4.69) is 33.2 Å². The Labute approximate surface area is 112 Å². The second kappa shape index (κ2) is 6.39. The zero-order chi connectivity index (χ0) is 12.1. The molecule has 0 spiro atoms. The molecule has 1 aliphatic carbocycles. The lowest BCUT2D eigenvalue weighted by Crippen LogP contribution is -2.16. The predicted octanol–water partition coefficient (Wildman–Crippen LogP) is 4.47. The number of hydrogen-bond donors (Lipinski definition) is 1. The van der Waals surface area contributed by atoms with Gasteiger partial charge < -0.3 is 5.32 Å². The van der Waals surface area contributed by atoms with Gasteiger partial charge in [0.25, 0.3) is 0 Å². The summed E-state index contributed by atoms with van der Waals surface area (Å²) in [4.78, 5) is 4.07. The maximum Gasteiger partial charge on any atom is 0.0590 e. The average molecular weight is 297 g/mol. The predicted molar refractivity (Wildman–Crippen MR) is 76.2 cm³/mol. The lowest BCUT2D eigenvalue weighted by molar-refractivity contribution is 0.274. The van der Waals surface area contributed by atoms with Crippen LogP contribution in [0, 0.1) is 11.8 Å². The number of rotatable bonds is 4.